The molecule has 0 saturated carbocycles. The Morgan fingerprint density at radius 2 is 2.21 bits per heavy atom. The Morgan fingerprint density at radius 1 is 1.38 bits per heavy atom. The van der Waals surface area contributed by atoms with Gasteiger partial charge >= 0.3 is 0 Å². The molecular formula is C19H25N3O2. The van der Waals surface area contributed by atoms with Crippen molar-refractivity contribution in [1.82, 2.24) is 14.5 Å². The van der Waals surface area contributed by atoms with Crippen LogP contribution in [0.15, 0.2) is 43.0 Å². The van der Waals surface area contributed by atoms with Crippen LogP contribution in [0.25, 0.3) is 0 Å². The summed E-state index contributed by atoms with van der Waals surface area (Å²) in [6.45, 7) is 5.58. The summed E-state index contributed by atoms with van der Waals surface area (Å²) < 4.78 is 7.94. The number of nitrogens with zero attached hydrogens (tertiary/aromatic N) is 3. The van der Waals surface area contributed by atoms with Crippen molar-refractivity contribution in [2.45, 2.75) is 45.3 Å². The van der Waals surface area contributed by atoms with Crippen LogP contribution in [-0.2, 0) is 11.2 Å². The Morgan fingerprint density at radius 3 is 2.96 bits per heavy atom. The largest absolute Gasteiger partial charge is 0.491 e. The lowest BCUT2D eigenvalue weighted by Crippen LogP contribution is -2.41. The molecule has 24 heavy (non-hydrogen) atoms. The molecular weight excluding hydrogens is 302 g/mol. The molecule has 5 heteroatoms. The fourth-order valence-electron chi connectivity index (χ4n) is 3.20. The predicted molar refractivity (Wildman–Crippen MR) is 93.0 cm³/mol. The van der Waals surface area contributed by atoms with E-state index in [1.54, 1.807) is 6.20 Å². The Hall–Kier alpha value is -2.30. The zero-order valence-corrected chi connectivity index (χ0v) is 14.4. The Labute approximate surface area is 143 Å². The third-order valence-corrected chi connectivity index (χ3v) is 4.37. The zero-order chi connectivity index (χ0) is 16.9. The number of hydrogen-bond donors (Lipinski definition) is 0. The second kappa shape index (κ2) is 7.51. The van der Waals surface area contributed by atoms with Crippen LogP contribution in [0.5, 0.6) is 5.75 Å². The van der Waals surface area contributed by atoms with E-state index in [1.165, 1.54) is 0 Å². The van der Waals surface area contributed by atoms with Gasteiger partial charge in [-0.2, -0.15) is 0 Å². The highest BCUT2D eigenvalue weighted by atomic mass is 16.5. The van der Waals surface area contributed by atoms with E-state index in [2.05, 4.69) is 9.55 Å². The van der Waals surface area contributed by atoms with E-state index in [4.69, 9.17) is 4.74 Å². The van der Waals surface area contributed by atoms with Crippen LogP contribution in [-0.4, -0.2) is 39.6 Å². The van der Waals surface area contributed by atoms with Crippen LogP contribution in [0.3, 0.4) is 0 Å². The molecule has 1 fully saturated rings. The number of aromatic nitrogens is 2. The number of para-hydroxylation sites is 1. The second-order valence-corrected chi connectivity index (χ2v) is 6.60. The highest BCUT2D eigenvalue weighted by Gasteiger charge is 2.25. The molecule has 1 amide bonds. The minimum atomic E-state index is 0.0989. The van der Waals surface area contributed by atoms with Gasteiger partial charge in [0, 0.05) is 31.0 Å². The summed E-state index contributed by atoms with van der Waals surface area (Å²) in [6.07, 6.45) is 8.21. The number of rotatable bonds is 5. The van der Waals surface area contributed by atoms with E-state index >= 15 is 0 Å². The van der Waals surface area contributed by atoms with Crippen molar-refractivity contribution in [2.24, 2.45) is 0 Å². The monoisotopic (exact) mass is 327 g/mol. The van der Waals surface area contributed by atoms with Crippen molar-refractivity contribution in [3.05, 3.63) is 48.5 Å². The van der Waals surface area contributed by atoms with Gasteiger partial charge in [0.25, 0.3) is 0 Å². The lowest BCUT2D eigenvalue weighted by molar-refractivity contribution is -0.132. The van der Waals surface area contributed by atoms with Crippen molar-refractivity contribution < 1.29 is 9.53 Å². The minimum absolute atomic E-state index is 0.0989. The van der Waals surface area contributed by atoms with E-state index in [-0.39, 0.29) is 12.0 Å². The van der Waals surface area contributed by atoms with Crippen molar-refractivity contribution in [1.29, 1.82) is 0 Å². The Bertz CT molecular complexity index is 667. The fraction of sp³-hybridized carbons (Fsp3) is 0.474. The first-order valence-corrected chi connectivity index (χ1v) is 8.63. The summed E-state index contributed by atoms with van der Waals surface area (Å²) in [5.41, 5.74) is 0.959. The first kappa shape index (κ1) is 16.6. The SMILES string of the molecule is CC(C)Oc1ccccc1CC(=O)N1CCCC(n2ccnc2)C1. The summed E-state index contributed by atoms with van der Waals surface area (Å²) >= 11 is 0. The minimum Gasteiger partial charge on any atom is -0.491 e. The standard InChI is InChI=1S/C19H25N3O2/c1-15(2)24-18-8-4-3-6-16(18)12-19(23)21-10-5-7-17(13-21)22-11-9-20-14-22/h3-4,6,8-9,11,14-15,17H,5,7,10,12-13H2,1-2H3. The van der Waals surface area contributed by atoms with Crippen LogP contribution < -0.4 is 4.74 Å². The second-order valence-electron chi connectivity index (χ2n) is 6.60. The third-order valence-electron chi connectivity index (χ3n) is 4.37. The summed E-state index contributed by atoms with van der Waals surface area (Å²) in [7, 11) is 0. The van der Waals surface area contributed by atoms with Crippen LogP contribution in [0.1, 0.15) is 38.3 Å². The zero-order valence-electron chi connectivity index (χ0n) is 14.4. The van der Waals surface area contributed by atoms with Gasteiger partial charge < -0.3 is 14.2 Å². The maximum absolute atomic E-state index is 12.8. The number of benzene rings is 1. The summed E-state index contributed by atoms with van der Waals surface area (Å²) in [6, 6.07) is 8.15. The molecule has 0 bridgehead atoms. The fourth-order valence-corrected chi connectivity index (χ4v) is 3.20. The van der Waals surface area contributed by atoms with Gasteiger partial charge in [-0.25, -0.2) is 4.98 Å². The number of imidazole rings is 1. The summed E-state index contributed by atoms with van der Waals surface area (Å²) in [4.78, 5) is 18.9. The molecule has 2 heterocycles. The van der Waals surface area contributed by atoms with Crippen LogP contribution in [0.2, 0.25) is 0 Å². The molecule has 0 aliphatic carbocycles. The van der Waals surface area contributed by atoms with Crippen molar-refractivity contribution >= 4 is 5.91 Å². The summed E-state index contributed by atoms with van der Waals surface area (Å²) in [5, 5.41) is 0. The number of carbonyl (C=O) groups excluding carboxylic acids is 1. The Balaban J connectivity index is 1.66. The van der Waals surface area contributed by atoms with Crippen molar-refractivity contribution in [2.75, 3.05) is 13.1 Å². The maximum atomic E-state index is 12.8. The highest BCUT2D eigenvalue weighted by Crippen LogP contribution is 2.24. The maximum Gasteiger partial charge on any atom is 0.227 e. The van der Waals surface area contributed by atoms with Gasteiger partial charge in [-0.1, -0.05) is 18.2 Å². The average Bonchev–Trinajstić information content (AvgIpc) is 3.11. The van der Waals surface area contributed by atoms with Gasteiger partial charge in [-0.3, -0.25) is 4.79 Å². The van der Waals surface area contributed by atoms with Gasteiger partial charge in [0.1, 0.15) is 5.75 Å². The van der Waals surface area contributed by atoms with Gasteiger partial charge in [-0.05, 0) is 32.8 Å². The molecule has 1 unspecified atom stereocenters. The van der Waals surface area contributed by atoms with E-state index in [1.807, 2.05) is 55.5 Å². The smallest absolute Gasteiger partial charge is 0.227 e. The van der Waals surface area contributed by atoms with E-state index in [0.29, 0.717) is 12.5 Å². The molecule has 1 atom stereocenters. The molecule has 0 N–H and O–H groups in total. The van der Waals surface area contributed by atoms with Gasteiger partial charge in [0.2, 0.25) is 5.91 Å². The van der Waals surface area contributed by atoms with Crippen LogP contribution in [0.4, 0.5) is 0 Å². The lowest BCUT2D eigenvalue weighted by Gasteiger charge is -2.33. The first-order chi connectivity index (χ1) is 11.6. The van der Waals surface area contributed by atoms with Crippen molar-refractivity contribution in [3.8, 4) is 5.75 Å². The van der Waals surface area contributed by atoms with E-state index < -0.39 is 0 Å². The van der Waals surface area contributed by atoms with Crippen LogP contribution in [0, 0.1) is 0 Å². The topological polar surface area (TPSA) is 47.4 Å². The molecule has 1 aromatic carbocycles. The first-order valence-electron chi connectivity index (χ1n) is 8.63. The number of carbonyl (C=O) groups is 1. The van der Waals surface area contributed by atoms with Crippen molar-refractivity contribution in [3.63, 3.8) is 0 Å². The number of amides is 1. The number of hydrogen-bond acceptors (Lipinski definition) is 3. The lowest BCUT2D eigenvalue weighted by atomic mass is 10.0. The van der Waals surface area contributed by atoms with Gasteiger partial charge in [0.05, 0.1) is 24.9 Å². The Kier molecular flexibility index (Phi) is 5.18. The summed E-state index contributed by atoms with van der Waals surface area (Å²) in [5.74, 6) is 0.976. The number of ether oxygens (including phenoxy) is 1. The molecule has 3 rings (SSSR count). The average molecular weight is 327 g/mol. The predicted octanol–water partition coefficient (Wildman–Crippen LogP) is 3.08. The number of piperidine rings is 1. The molecule has 1 saturated heterocycles. The highest BCUT2D eigenvalue weighted by molar-refractivity contribution is 5.79. The van der Waals surface area contributed by atoms with Gasteiger partial charge in [-0.15, -0.1) is 0 Å². The molecule has 1 aliphatic heterocycles. The molecule has 2 aromatic rings. The molecule has 0 radical (unpaired) electrons. The number of likely N-dealkylation sites (tertiary alicyclic amines) is 1. The normalized spacial score (nSPS) is 18.0. The molecule has 1 aliphatic rings. The molecule has 0 spiro atoms. The third kappa shape index (κ3) is 3.96. The van der Waals surface area contributed by atoms with Gasteiger partial charge in [0.15, 0.2) is 0 Å². The molecule has 128 valence electrons. The quantitative estimate of drug-likeness (QED) is 0.848. The van der Waals surface area contributed by atoms with E-state index in [9.17, 15) is 4.79 Å². The van der Waals surface area contributed by atoms with E-state index in [0.717, 1.165) is 37.2 Å². The van der Waals surface area contributed by atoms with Crippen LogP contribution >= 0.6 is 0 Å². The molecule has 5 nitrogen and oxygen atoms in total. The molecule has 1 aromatic heterocycles.